The Morgan fingerprint density at radius 1 is 1.17 bits per heavy atom. The molecule has 1 N–H and O–H groups in total. The molecule has 1 amide bonds. The van der Waals surface area contributed by atoms with Crippen molar-refractivity contribution in [2.75, 3.05) is 19.0 Å². The van der Waals surface area contributed by atoms with E-state index in [9.17, 15) is 19.7 Å². The van der Waals surface area contributed by atoms with Gasteiger partial charge in [0.25, 0.3) is 11.6 Å². The fourth-order valence-corrected chi connectivity index (χ4v) is 1.86. The lowest BCUT2D eigenvalue weighted by molar-refractivity contribution is -0.384. The van der Waals surface area contributed by atoms with Crippen LogP contribution < -0.4 is 10.1 Å². The van der Waals surface area contributed by atoms with Gasteiger partial charge in [0.1, 0.15) is 5.75 Å². The summed E-state index contributed by atoms with van der Waals surface area (Å²) in [5, 5.41) is 13.2. The molecule has 0 fully saturated rings. The highest BCUT2D eigenvalue weighted by molar-refractivity contribution is 5.95. The Kier molecular flexibility index (Phi) is 5.45. The first-order valence-electron chi connectivity index (χ1n) is 6.85. The number of nitrogens with zero attached hydrogens (tertiary/aromatic N) is 1. The molecule has 0 radical (unpaired) electrons. The Hall–Kier alpha value is -3.42. The summed E-state index contributed by atoms with van der Waals surface area (Å²) >= 11 is 0. The summed E-state index contributed by atoms with van der Waals surface area (Å²) in [7, 11) is 1.50. The topological polar surface area (TPSA) is 108 Å². The Labute approximate surface area is 137 Å². The second kappa shape index (κ2) is 7.73. The average Bonchev–Trinajstić information content (AvgIpc) is 2.60. The summed E-state index contributed by atoms with van der Waals surface area (Å²) < 4.78 is 9.88. The van der Waals surface area contributed by atoms with Crippen LogP contribution in [0.2, 0.25) is 0 Å². The van der Waals surface area contributed by atoms with Gasteiger partial charge in [-0.25, -0.2) is 4.79 Å². The number of esters is 1. The van der Waals surface area contributed by atoms with Gasteiger partial charge in [0, 0.05) is 23.9 Å². The molecular formula is C16H14N2O6. The van der Waals surface area contributed by atoms with Gasteiger partial charge in [-0.2, -0.15) is 0 Å². The van der Waals surface area contributed by atoms with Crippen molar-refractivity contribution in [1.29, 1.82) is 0 Å². The molecular weight excluding hydrogens is 316 g/mol. The molecule has 0 aliphatic carbocycles. The molecule has 0 atom stereocenters. The van der Waals surface area contributed by atoms with Crippen molar-refractivity contribution in [2.24, 2.45) is 0 Å². The van der Waals surface area contributed by atoms with E-state index in [0.717, 1.165) is 6.07 Å². The number of nitrogens with one attached hydrogen (secondary N) is 1. The molecule has 0 aromatic heterocycles. The SMILES string of the molecule is COc1cccc(NC(=O)COC(=O)c2cccc([N+](=O)[O-])c2)c1. The molecule has 0 heterocycles. The zero-order chi connectivity index (χ0) is 17.5. The second-order valence-electron chi connectivity index (χ2n) is 4.66. The van der Waals surface area contributed by atoms with Crippen LogP contribution in [0.4, 0.5) is 11.4 Å². The van der Waals surface area contributed by atoms with Gasteiger partial charge >= 0.3 is 5.97 Å². The third kappa shape index (κ3) is 4.54. The van der Waals surface area contributed by atoms with Gasteiger partial charge in [-0.1, -0.05) is 12.1 Å². The van der Waals surface area contributed by atoms with E-state index in [1.54, 1.807) is 24.3 Å². The Bertz CT molecular complexity index is 775. The smallest absolute Gasteiger partial charge is 0.338 e. The van der Waals surface area contributed by atoms with Crippen molar-refractivity contribution in [1.82, 2.24) is 0 Å². The van der Waals surface area contributed by atoms with E-state index in [4.69, 9.17) is 9.47 Å². The Morgan fingerprint density at radius 3 is 2.62 bits per heavy atom. The number of methoxy groups -OCH3 is 1. The van der Waals surface area contributed by atoms with Gasteiger partial charge < -0.3 is 14.8 Å². The van der Waals surface area contributed by atoms with Crippen molar-refractivity contribution in [3.8, 4) is 5.75 Å². The van der Waals surface area contributed by atoms with Crippen molar-refractivity contribution >= 4 is 23.3 Å². The Balaban J connectivity index is 1.92. The van der Waals surface area contributed by atoms with E-state index in [1.165, 1.54) is 25.3 Å². The van der Waals surface area contributed by atoms with E-state index in [2.05, 4.69) is 5.32 Å². The molecule has 8 heteroatoms. The van der Waals surface area contributed by atoms with Crippen LogP contribution in [0.25, 0.3) is 0 Å². The first kappa shape index (κ1) is 16.9. The average molecular weight is 330 g/mol. The molecule has 2 aromatic carbocycles. The van der Waals surface area contributed by atoms with Crippen molar-refractivity contribution in [3.63, 3.8) is 0 Å². The van der Waals surface area contributed by atoms with E-state index < -0.39 is 23.4 Å². The van der Waals surface area contributed by atoms with Gasteiger partial charge in [-0.15, -0.1) is 0 Å². The molecule has 0 spiro atoms. The maximum absolute atomic E-state index is 11.8. The zero-order valence-electron chi connectivity index (χ0n) is 12.7. The predicted molar refractivity (Wildman–Crippen MR) is 85.0 cm³/mol. The maximum atomic E-state index is 11.8. The highest BCUT2D eigenvalue weighted by Crippen LogP contribution is 2.17. The van der Waals surface area contributed by atoms with E-state index in [0.29, 0.717) is 11.4 Å². The summed E-state index contributed by atoms with van der Waals surface area (Å²) in [6, 6.07) is 11.8. The number of nitro benzene ring substituents is 1. The molecule has 0 saturated heterocycles. The van der Waals surface area contributed by atoms with Gasteiger partial charge in [0.15, 0.2) is 6.61 Å². The van der Waals surface area contributed by atoms with Crippen molar-refractivity contribution in [2.45, 2.75) is 0 Å². The van der Waals surface area contributed by atoms with Gasteiger partial charge in [-0.3, -0.25) is 14.9 Å². The monoisotopic (exact) mass is 330 g/mol. The Morgan fingerprint density at radius 2 is 1.92 bits per heavy atom. The van der Waals surface area contributed by atoms with Crippen LogP contribution in [-0.4, -0.2) is 30.5 Å². The number of hydrogen-bond donors (Lipinski definition) is 1. The quantitative estimate of drug-likeness (QED) is 0.495. The first-order chi connectivity index (χ1) is 11.5. The number of nitro groups is 1. The molecule has 0 bridgehead atoms. The number of anilines is 1. The zero-order valence-corrected chi connectivity index (χ0v) is 12.7. The van der Waals surface area contributed by atoms with Crippen LogP contribution in [-0.2, 0) is 9.53 Å². The minimum absolute atomic E-state index is 0.00150. The van der Waals surface area contributed by atoms with Crippen LogP contribution in [0, 0.1) is 10.1 Å². The van der Waals surface area contributed by atoms with Crippen molar-refractivity contribution < 1.29 is 24.0 Å². The summed E-state index contributed by atoms with van der Waals surface area (Å²) in [5.41, 5.74) is 0.259. The van der Waals surface area contributed by atoms with Gasteiger partial charge in [0.05, 0.1) is 17.6 Å². The highest BCUT2D eigenvalue weighted by atomic mass is 16.6. The number of hydrogen-bond acceptors (Lipinski definition) is 6. The summed E-state index contributed by atoms with van der Waals surface area (Å²) in [4.78, 5) is 33.7. The van der Waals surface area contributed by atoms with Gasteiger partial charge in [-0.05, 0) is 18.2 Å². The molecule has 0 aliphatic heterocycles. The third-order valence-corrected chi connectivity index (χ3v) is 2.98. The van der Waals surface area contributed by atoms with Crippen LogP contribution >= 0.6 is 0 Å². The number of non-ortho nitro benzene ring substituents is 1. The number of carbonyl (C=O) groups excluding carboxylic acids is 2. The molecule has 8 nitrogen and oxygen atoms in total. The minimum Gasteiger partial charge on any atom is -0.497 e. The van der Waals surface area contributed by atoms with E-state index in [1.807, 2.05) is 0 Å². The molecule has 124 valence electrons. The molecule has 0 saturated carbocycles. The largest absolute Gasteiger partial charge is 0.497 e. The van der Waals surface area contributed by atoms with Crippen LogP contribution in [0.5, 0.6) is 5.75 Å². The highest BCUT2D eigenvalue weighted by Gasteiger charge is 2.14. The standard InChI is InChI=1S/C16H14N2O6/c1-23-14-7-3-5-12(9-14)17-15(19)10-24-16(20)11-4-2-6-13(8-11)18(21)22/h2-9H,10H2,1H3,(H,17,19). The number of benzene rings is 2. The lowest BCUT2D eigenvalue weighted by atomic mass is 10.2. The van der Waals surface area contributed by atoms with Crippen molar-refractivity contribution in [3.05, 3.63) is 64.2 Å². The lowest BCUT2D eigenvalue weighted by Gasteiger charge is -2.08. The van der Waals surface area contributed by atoms with Crippen LogP contribution in [0.15, 0.2) is 48.5 Å². The van der Waals surface area contributed by atoms with E-state index in [-0.39, 0.29) is 11.3 Å². The maximum Gasteiger partial charge on any atom is 0.338 e. The molecule has 24 heavy (non-hydrogen) atoms. The fraction of sp³-hybridized carbons (Fsp3) is 0.125. The second-order valence-corrected chi connectivity index (χ2v) is 4.66. The number of amides is 1. The summed E-state index contributed by atoms with van der Waals surface area (Å²) in [5.74, 6) is -0.789. The summed E-state index contributed by atoms with van der Waals surface area (Å²) in [6.07, 6.45) is 0. The number of rotatable bonds is 6. The molecule has 2 rings (SSSR count). The number of ether oxygens (including phenoxy) is 2. The predicted octanol–water partition coefficient (Wildman–Crippen LogP) is 2.40. The van der Waals surface area contributed by atoms with Crippen LogP contribution in [0.3, 0.4) is 0 Å². The summed E-state index contributed by atoms with van der Waals surface area (Å²) in [6.45, 7) is -0.515. The van der Waals surface area contributed by atoms with E-state index >= 15 is 0 Å². The number of carbonyl (C=O) groups is 2. The lowest BCUT2D eigenvalue weighted by Crippen LogP contribution is -2.21. The molecule has 0 unspecified atom stereocenters. The fourth-order valence-electron chi connectivity index (χ4n) is 1.86. The first-order valence-corrected chi connectivity index (χ1v) is 6.85. The van der Waals surface area contributed by atoms with Crippen LogP contribution in [0.1, 0.15) is 10.4 Å². The van der Waals surface area contributed by atoms with Gasteiger partial charge in [0.2, 0.25) is 0 Å². The molecule has 2 aromatic rings. The minimum atomic E-state index is -0.820. The third-order valence-electron chi connectivity index (χ3n) is 2.98. The normalized spacial score (nSPS) is 9.88. The molecule has 0 aliphatic rings.